The number of ether oxygens (including phenoxy) is 2. The predicted octanol–water partition coefficient (Wildman–Crippen LogP) is 3.08. The van der Waals surface area contributed by atoms with Crippen LogP contribution in [0, 0.1) is 5.82 Å². The highest BCUT2D eigenvalue weighted by molar-refractivity contribution is 5.51. The monoisotopic (exact) mass is 287 g/mol. The summed E-state index contributed by atoms with van der Waals surface area (Å²) in [7, 11) is 3.23. The molecule has 0 radical (unpaired) electrons. The second kappa shape index (κ2) is 5.74. The molecule has 0 unspecified atom stereocenters. The molecule has 0 bridgehead atoms. The van der Waals surface area contributed by atoms with Crippen LogP contribution in [-0.2, 0) is 6.42 Å². The molecule has 21 heavy (non-hydrogen) atoms. The maximum Gasteiger partial charge on any atom is 0.161 e. The largest absolute Gasteiger partial charge is 0.493 e. The maximum absolute atomic E-state index is 14.1. The Hall–Kier alpha value is -2.07. The molecule has 0 spiro atoms. The molecular weight excluding hydrogens is 269 g/mol. The van der Waals surface area contributed by atoms with Crippen molar-refractivity contribution >= 4 is 0 Å². The Morgan fingerprint density at radius 3 is 2.48 bits per heavy atom. The van der Waals surface area contributed by atoms with Crippen molar-refractivity contribution in [2.75, 3.05) is 20.8 Å². The van der Waals surface area contributed by atoms with Crippen molar-refractivity contribution in [2.45, 2.75) is 12.5 Å². The second-order valence-electron chi connectivity index (χ2n) is 5.06. The Kier molecular flexibility index (Phi) is 3.80. The van der Waals surface area contributed by atoms with Gasteiger partial charge in [-0.3, -0.25) is 0 Å². The highest BCUT2D eigenvalue weighted by Crippen LogP contribution is 2.37. The van der Waals surface area contributed by atoms with E-state index in [1.54, 1.807) is 20.3 Å². The van der Waals surface area contributed by atoms with Crippen LogP contribution in [0.3, 0.4) is 0 Å². The SMILES string of the molecule is COc1cc2c(cc1OC)[C@H](c1ccccc1F)NCC2. The molecule has 3 rings (SSSR count). The Bertz CT molecular complexity index is 657. The summed E-state index contributed by atoms with van der Waals surface area (Å²) in [4.78, 5) is 0. The Morgan fingerprint density at radius 1 is 1.05 bits per heavy atom. The van der Waals surface area contributed by atoms with E-state index in [0.717, 1.165) is 18.5 Å². The van der Waals surface area contributed by atoms with Gasteiger partial charge in [0.15, 0.2) is 11.5 Å². The van der Waals surface area contributed by atoms with Crippen LogP contribution in [0.5, 0.6) is 11.5 Å². The lowest BCUT2D eigenvalue weighted by Gasteiger charge is -2.28. The van der Waals surface area contributed by atoms with E-state index in [1.807, 2.05) is 24.3 Å². The molecule has 0 aliphatic carbocycles. The third-order valence-corrected chi connectivity index (χ3v) is 3.92. The van der Waals surface area contributed by atoms with E-state index in [2.05, 4.69) is 5.32 Å². The first-order valence-corrected chi connectivity index (χ1v) is 6.97. The lowest BCUT2D eigenvalue weighted by Crippen LogP contribution is -2.31. The molecule has 0 saturated heterocycles. The van der Waals surface area contributed by atoms with Crippen LogP contribution in [0.15, 0.2) is 36.4 Å². The molecule has 1 N–H and O–H groups in total. The van der Waals surface area contributed by atoms with Crippen LogP contribution >= 0.6 is 0 Å². The zero-order valence-electron chi connectivity index (χ0n) is 12.2. The molecule has 1 aliphatic heterocycles. The maximum atomic E-state index is 14.1. The second-order valence-corrected chi connectivity index (χ2v) is 5.06. The summed E-state index contributed by atoms with van der Waals surface area (Å²) < 4.78 is 24.8. The summed E-state index contributed by atoms with van der Waals surface area (Å²) in [5.41, 5.74) is 2.87. The summed E-state index contributed by atoms with van der Waals surface area (Å²) in [6, 6.07) is 10.6. The number of nitrogens with one attached hydrogen (secondary N) is 1. The molecule has 0 saturated carbocycles. The van der Waals surface area contributed by atoms with Crippen molar-refractivity contribution in [3.63, 3.8) is 0 Å². The highest BCUT2D eigenvalue weighted by atomic mass is 19.1. The van der Waals surface area contributed by atoms with Gasteiger partial charge in [0.05, 0.1) is 20.3 Å². The molecule has 4 heteroatoms. The van der Waals surface area contributed by atoms with Crippen molar-refractivity contribution in [1.82, 2.24) is 5.32 Å². The van der Waals surface area contributed by atoms with Gasteiger partial charge in [0, 0.05) is 12.1 Å². The van der Waals surface area contributed by atoms with Crippen molar-refractivity contribution in [3.8, 4) is 11.5 Å². The lowest BCUT2D eigenvalue weighted by atomic mass is 9.89. The van der Waals surface area contributed by atoms with Gasteiger partial charge in [-0.2, -0.15) is 0 Å². The number of fused-ring (bicyclic) bond motifs is 1. The fourth-order valence-electron chi connectivity index (χ4n) is 2.87. The Morgan fingerprint density at radius 2 is 1.76 bits per heavy atom. The molecule has 1 heterocycles. The van der Waals surface area contributed by atoms with Crippen LogP contribution in [0.2, 0.25) is 0 Å². The molecule has 0 fully saturated rings. The standard InChI is InChI=1S/C17H18FNO2/c1-20-15-9-11-7-8-19-17(13(11)10-16(15)21-2)12-5-3-4-6-14(12)18/h3-6,9-10,17,19H,7-8H2,1-2H3/t17-/m0/s1. The predicted molar refractivity (Wildman–Crippen MR) is 79.5 cm³/mol. The molecule has 0 aromatic heterocycles. The van der Waals surface area contributed by atoms with Gasteiger partial charge >= 0.3 is 0 Å². The van der Waals surface area contributed by atoms with Crippen LogP contribution in [0.25, 0.3) is 0 Å². The highest BCUT2D eigenvalue weighted by Gasteiger charge is 2.25. The molecule has 110 valence electrons. The molecule has 1 atom stereocenters. The minimum atomic E-state index is -0.197. The first-order chi connectivity index (χ1) is 10.2. The van der Waals surface area contributed by atoms with E-state index < -0.39 is 0 Å². The third kappa shape index (κ3) is 2.47. The van der Waals surface area contributed by atoms with E-state index in [1.165, 1.54) is 11.6 Å². The summed E-state index contributed by atoms with van der Waals surface area (Å²) in [5, 5.41) is 3.38. The minimum Gasteiger partial charge on any atom is -0.493 e. The summed E-state index contributed by atoms with van der Waals surface area (Å²) in [6.45, 7) is 0.807. The third-order valence-electron chi connectivity index (χ3n) is 3.92. The van der Waals surface area contributed by atoms with Gasteiger partial charge in [-0.05, 0) is 35.7 Å². The van der Waals surface area contributed by atoms with Crippen molar-refractivity contribution in [1.29, 1.82) is 0 Å². The van der Waals surface area contributed by atoms with Crippen LogP contribution in [-0.4, -0.2) is 20.8 Å². The lowest BCUT2D eigenvalue weighted by molar-refractivity contribution is 0.352. The molecule has 2 aromatic rings. The van der Waals surface area contributed by atoms with Crippen molar-refractivity contribution in [3.05, 3.63) is 58.9 Å². The number of hydrogen-bond acceptors (Lipinski definition) is 3. The summed E-state index contributed by atoms with van der Waals surface area (Å²) >= 11 is 0. The molecule has 0 amide bonds. The van der Waals surface area contributed by atoms with Gasteiger partial charge in [-0.25, -0.2) is 4.39 Å². The molecular formula is C17H18FNO2. The van der Waals surface area contributed by atoms with Crippen LogP contribution in [0.1, 0.15) is 22.7 Å². The summed E-state index contributed by atoms with van der Waals surface area (Å²) in [5.74, 6) is 1.18. The quantitative estimate of drug-likeness (QED) is 0.941. The number of hydrogen-bond donors (Lipinski definition) is 1. The minimum absolute atomic E-state index is 0.158. The van der Waals surface area contributed by atoms with Gasteiger partial charge in [-0.15, -0.1) is 0 Å². The van der Waals surface area contributed by atoms with E-state index in [0.29, 0.717) is 17.1 Å². The van der Waals surface area contributed by atoms with Crippen LogP contribution in [0.4, 0.5) is 4.39 Å². The number of methoxy groups -OCH3 is 2. The van der Waals surface area contributed by atoms with E-state index in [9.17, 15) is 4.39 Å². The van der Waals surface area contributed by atoms with Crippen LogP contribution < -0.4 is 14.8 Å². The van der Waals surface area contributed by atoms with Gasteiger partial charge in [0.1, 0.15) is 5.82 Å². The fraction of sp³-hybridized carbons (Fsp3) is 0.294. The van der Waals surface area contributed by atoms with Crippen molar-refractivity contribution in [2.24, 2.45) is 0 Å². The Balaban J connectivity index is 2.11. The van der Waals surface area contributed by atoms with Gasteiger partial charge in [-0.1, -0.05) is 18.2 Å². The topological polar surface area (TPSA) is 30.5 Å². The van der Waals surface area contributed by atoms with E-state index >= 15 is 0 Å². The summed E-state index contributed by atoms with van der Waals surface area (Å²) in [6.07, 6.45) is 0.890. The molecule has 2 aromatic carbocycles. The number of rotatable bonds is 3. The van der Waals surface area contributed by atoms with Gasteiger partial charge in [0.25, 0.3) is 0 Å². The van der Waals surface area contributed by atoms with E-state index in [-0.39, 0.29) is 11.9 Å². The normalized spacial score (nSPS) is 17.2. The first-order valence-electron chi connectivity index (χ1n) is 6.97. The van der Waals surface area contributed by atoms with Crippen molar-refractivity contribution < 1.29 is 13.9 Å². The molecule has 1 aliphatic rings. The van der Waals surface area contributed by atoms with Gasteiger partial charge in [0.2, 0.25) is 0 Å². The number of halogens is 1. The molecule has 3 nitrogen and oxygen atoms in total. The average molecular weight is 287 g/mol. The Labute approximate surface area is 123 Å². The smallest absolute Gasteiger partial charge is 0.161 e. The number of benzene rings is 2. The zero-order valence-corrected chi connectivity index (χ0v) is 12.2. The van der Waals surface area contributed by atoms with E-state index in [4.69, 9.17) is 9.47 Å². The first kappa shape index (κ1) is 13.9. The fourth-order valence-corrected chi connectivity index (χ4v) is 2.87. The van der Waals surface area contributed by atoms with Gasteiger partial charge < -0.3 is 14.8 Å². The average Bonchev–Trinajstić information content (AvgIpc) is 2.53. The zero-order chi connectivity index (χ0) is 14.8.